The third-order valence-electron chi connectivity index (χ3n) is 4.27. The van der Waals surface area contributed by atoms with Gasteiger partial charge in [-0.15, -0.1) is 0 Å². The van der Waals surface area contributed by atoms with Crippen molar-refractivity contribution in [2.24, 2.45) is 17.0 Å². The van der Waals surface area contributed by atoms with Gasteiger partial charge < -0.3 is 9.57 Å². The van der Waals surface area contributed by atoms with Gasteiger partial charge in [0.25, 0.3) is 0 Å². The van der Waals surface area contributed by atoms with Crippen molar-refractivity contribution in [3.63, 3.8) is 0 Å². The zero-order valence-electron chi connectivity index (χ0n) is 14.6. The van der Waals surface area contributed by atoms with E-state index in [1.807, 2.05) is 52.0 Å². The standard InChI is InChI=1S/C20H23NO3/c1-13-6-5-7-14(12-13)8-11-17-15-9-10-16(18(15)24-21-17)19(22)23-20(2,3)4/h5-7,12,15-16,18H,9-10H2,1-4H3. The Kier molecular flexibility index (Phi) is 4.36. The summed E-state index contributed by atoms with van der Waals surface area (Å²) in [5.74, 6) is 5.92. The molecule has 1 aliphatic heterocycles. The summed E-state index contributed by atoms with van der Waals surface area (Å²) in [4.78, 5) is 17.9. The van der Waals surface area contributed by atoms with E-state index >= 15 is 0 Å². The number of nitrogens with zero attached hydrogens (tertiary/aromatic N) is 1. The molecule has 126 valence electrons. The van der Waals surface area contributed by atoms with Gasteiger partial charge in [0.1, 0.15) is 17.4 Å². The van der Waals surface area contributed by atoms with E-state index in [9.17, 15) is 4.79 Å². The third kappa shape index (κ3) is 3.62. The highest BCUT2D eigenvalue weighted by atomic mass is 16.6. The fraction of sp³-hybridized carbons (Fsp3) is 0.500. The van der Waals surface area contributed by atoms with Crippen LogP contribution in [0.5, 0.6) is 0 Å². The van der Waals surface area contributed by atoms with Crippen LogP contribution in [0.1, 0.15) is 44.7 Å². The number of hydrogen-bond acceptors (Lipinski definition) is 4. The first kappa shape index (κ1) is 16.6. The second-order valence-corrected chi connectivity index (χ2v) is 7.49. The van der Waals surface area contributed by atoms with Crippen LogP contribution in [0.25, 0.3) is 0 Å². The van der Waals surface area contributed by atoms with Crippen molar-refractivity contribution >= 4 is 11.7 Å². The van der Waals surface area contributed by atoms with Gasteiger partial charge in [0.05, 0.1) is 11.8 Å². The number of carbonyl (C=O) groups is 1. The average Bonchev–Trinajstić information content (AvgIpc) is 3.05. The van der Waals surface area contributed by atoms with Crippen molar-refractivity contribution in [1.29, 1.82) is 0 Å². The molecule has 1 fully saturated rings. The van der Waals surface area contributed by atoms with Gasteiger partial charge in [0.15, 0.2) is 0 Å². The number of oxime groups is 1. The summed E-state index contributed by atoms with van der Waals surface area (Å²) in [7, 11) is 0. The number of rotatable bonds is 1. The van der Waals surface area contributed by atoms with E-state index in [1.165, 1.54) is 5.56 Å². The molecular weight excluding hydrogens is 302 g/mol. The van der Waals surface area contributed by atoms with Gasteiger partial charge in [-0.1, -0.05) is 23.2 Å². The molecule has 1 saturated carbocycles. The molecule has 4 nitrogen and oxygen atoms in total. The molecule has 0 spiro atoms. The average molecular weight is 325 g/mol. The van der Waals surface area contributed by atoms with E-state index in [-0.39, 0.29) is 23.9 Å². The predicted molar refractivity (Wildman–Crippen MR) is 92.4 cm³/mol. The molecule has 1 aromatic rings. The van der Waals surface area contributed by atoms with Crippen molar-refractivity contribution < 1.29 is 14.4 Å². The molecule has 0 aromatic heterocycles. The molecule has 1 aromatic carbocycles. The smallest absolute Gasteiger partial charge is 0.313 e. The van der Waals surface area contributed by atoms with Crippen LogP contribution < -0.4 is 0 Å². The number of ether oxygens (including phenoxy) is 1. The second kappa shape index (κ2) is 6.32. The molecule has 0 N–H and O–H groups in total. The van der Waals surface area contributed by atoms with Crippen LogP contribution in [0.15, 0.2) is 29.4 Å². The zero-order valence-corrected chi connectivity index (χ0v) is 14.6. The number of carbonyl (C=O) groups excluding carboxylic acids is 1. The lowest BCUT2D eigenvalue weighted by Gasteiger charge is -2.23. The van der Waals surface area contributed by atoms with Crippen molar-refractivity contribution in [1.82, 2.24) is 0 Å². The van der Waals surface area contributed by atoms with E-state index in [2.05, 4.69) is 17.0 Å². The molecule has 0 radical (unpaired) electrons. The summed E-state index contributed by atoms with van der Waals surface area (Å²) in [5, 5.41) is 4.12. The Hall–Kier alpha value is -2.28. The maximum atomic E-state index is 12.3. The minimum atomic E-state index is -0.484. The van der Waals surface area contributed by atoms with Gasteiger partial charge in [0, 0.05) is 5.56 Å². The molecule has 1 heterocycles. The molecule has 4 heteroatoms. The summed E-state index contributed by atoms with van der Waals surface area (Å²) >= 11 is 0. The Morgan fingerprint density at radius 2 is 2.08 bits per heavy atom. The highest BCUT2D eigenvalue weighted by Gasteiger charge is 2.49. The Morgan fingerprint density at radius 3 is 2.79 bits per heavy atom. The van der Waals surface area contributed by atoms with Gasteiger partial charge in [-0.05, 0) is 64.2 Å². The Bertz CT molecular complexity index is 733. The van der Waals surface area contributed by atoms with Crippen LogP contribution in [0.2, 0.25) is 0 Å². The molecule has 3 atom stereocenters. The summed E-state index contributed by atoms with van der Waals surface area (Å²) in [6.07, 6.45) is 1.38. The normalized spacial score (nSPS) is 25.2. The fourth-order valence-corrected chi connectivity index (χ4v) is 3.20. The lowest BCUT2D eigenvalue weighted by molar-refractivity contribution is -0.164. The van der Waals surface area contributed by atoms with Crippen molar-refractivity contribution in [2.75, 3.05) is 0 Å². The molecule has 2 aliphatic rings. The van der Waals surface area contributed by atoms with Crippen LogP contribution in [-0.4, -0.2) is 23.4 Å². The van der Waals surface area contributed by atoms with E-state index in [4.69, 9.17) is 9.57 Å². The summed E-state index contributed by atoms with van der Waals surface area (Å²) in [6, 6.07) is 8.05. The quantitative estimate of drug-likeness (QED) is 0.587. The van der Waals surface area contributed by atoms with Gasteiger partial charge in [0.2, 0.25) is 0 Å². The summed E-state index contributed by atoms with van der Waals surface area (Å²) in [6.45, 7) is 7.67. The summed E-state index contributed by atoms with van der Waals surface area (Å²) in [5.41, 5.74) is 2.40. The monoisotopic (exact) mass is 325 g/mol. The van der Waals surface area contributed by atoms with Crippen LogP contribution in [-0.2, 0) is 14.4 Å². The Balaban J connectivity index is 1.68. The van der Waals surface area contributed by atoms with E-state index in [0.29, 0.717) is 0 Å². The third-order valence-corrected chi connectivity index (χ3v) is 4.27. The van der Waals surface area contributed by atoms with Crippen molar-refractivity contribution in [3.8, 4) is 11.8 Å². The van der Waals surface area contributed by atoms with E-state index in [0.717, 1.165) is 24.1 Å². The molecule has 3 unspecified atom stereocenters. The van der Waals surface area contributed by atoms with E-state index in [1.54, 1.807) is 0 Å². The maximum Gasteiger partial charge on any atom is 0.313 e. The van der Waals surface area contributed by atoms with Gasteiger partial charge >= 0.3 is 5.97 Å². The van der Waals surface area contributed by atoms with Crippen molar-refractivity contribution in [3.05, 3.63) is 35.4 Å². The minimum absolute atomic E-state index is 0.0971. The number of fused-ring (bicyclic) bond motifs is 1. The predicted octanol–water partition coefficient (Wildman–Crippen LogP) is 3.47. The molecule has 1 aliphatic carbocycles. The van der Waals surface area contributed by atoms with Crippen molar-refractivity contribution in [2.45, 2.75) is 52.2 Å². The van der Waals surface area contributed by atoms with E-state index < -0.39 is 5.60 Å². The van der Waals surface area contributed by atoms with Gasteiger partial charge in [-0.25, -0.2) is 0 Å². The van der Waals surface area contributed by atoms with Gasteiger partial charge in [-0.2, -0.15) is 0 Å². The number of aryl methyl sites for hydroxylation is 1. The molecular formula is C20H23NO3. The topological polar surface area (TPSA) is 47.9 Å². The lowest BCUT2D eigenvalue weighted by Crippen LogP contribution is -2.34. The van der Waals surface area contributed by atoms with Crippen LogP contribution >= 0.6 is 0 Å². The first-order chi connectivity index (χ1) is 11.3. The Morgan fingerprint density at radius 1 is 1.29 bits per heavy atom. The van der Waals surface area contributed by atoms with Crippen LogP contribution in [0.4, 0.5) is 0 Å². The highest BCUT2D eigenvalue weighted by Crippen LogP contribution is 2.39. The second-order valence-electron chi connectivity index (χ2n) is 7.49. The highest BCUT2D eigenvalue weighted by molar-refractivity contribution is 6.04. The van der Waals surface area contributed by atoms with Gasteiger partial charge in [-0.3, -0.25) is 4.79 Å². The Labute approximate surface area is 143 Å². The van der Waals surface area contributed by atoms with Crippen LogP contribution in [0, 0.1) is 30.6 Å². The minimum Gasteiger partial charge on any atom is -0.460 e. The number of benzene rings is 1. The molecule has 0 bridgehead atoms. The largest absolute Gasteiger partial charge is 0.460 e. The summed E-state index contributed by atoms with van der Waals surface area (Å²) < 4.78 is 5.50. The SMILES string of the molecule is Cc1cccc(C#CC2=NOC3C(C(=O)OC(C)(C)C)CCC23)c1. The molecule has 0 amide bonds. The molecule has 24 heavy (non-hydrogen) atoms. The van der Waals surface area contributed by atoms with Crippen LogP contribution in [0.3, 0.4) is 0 Å². The fourth-order valence-electron chi connectivity index (χ4n) is 3.20. The number of esters is 1. The first-order valence-electron chi connectivity index (χ1n) is 8.39. The lowest BCUT2D eigenvalue weighted by atomic mass is 9.97. The zero-order chi connectivity index (χ0) is 17.3. The number of hydrogen-bond donors (Lipinski definition) is 0. The first-order valence-corrected chi connectivity index (χ1v) is 8.39. The maximum absolute atomic E-state index is 12.3. The molecule has 3 rings (SSSR count). The molecule has 0 saturated heterocycles.